The number of carbonyl (C=O) groups is 1. The Morgan fingerprint density at radius 2 is 1.71 bits per heavy atom. The summed E-state index contributed by atoms with van der Waals surface area (Å²) < 4.78 is 80.4. The van der Waals surface area contributed by atoms with Crippen molar-refractivity contribution in [3.05, 3.63) is 83.4 Å². The van der Waals surface area contributed by atoms with Crippen LogP contribution < -0.4 is 14.2 Å². The van der Waals surface area contributed by atoms with E-state index in [9.17, 15) is 26.4 Å². The van der Waals surface area contributed by atoms with Crippen molar-refractivity contribution >= 4 is 21.8 Å². The van der Waals surface area contributed by atoms with Crippen LogP contribution in [0.2, 0.25) is 0 Å². The highest BCUT2D eigenvalue weighted by Gasteiger charge is 2.32. The van der Waals surface area contributed by atoms with Gasteiger partial charge >= 0.3 is 22.3 Å². The lowest BCUT2D eigenvalue weighted by molar-refractivity contribution is -0.137. The van der Waals surface area contributed by atoms with Gasteiger partial charge in [-0.05, 0) is 60.5 Å². The molecule has 0 atom stereocenters. The third kappa shape index (κ3) is 7.62. The van der Waals surface area contributed by atoms with Gasteiger partial charge in [-0.1, -0.05) is 24.3 Å². The van der Waals surface area contributed by atoms with Crippen LogP contribution in [0.15, 0.2) is 71.6 Å². The molecule has 0 saturated heterocycles. The van der Waals surface area contributed by atoms with Crippen molar-refractivity contribution in [3.8, 4) is 11.5 Å². The zero-order valence-corrected chi connectivity index (χ0v) is 21.7. The number of ether oxygens (including phenoxy) is 2. The smallest absolute Gasteiger partial charge is 0.416 e. The summed E-state index contributed by atoms with van der Waals surface area (Å²) in [4.78, 5) is 13.8. The Labute approximate surface area is 219 Å². The maximum absolute atomic E-state index is 13.1. The predicted molar refractivity (Wildman–Crippen MR) is 135 cm³/mol. The van der Waals surface area contributed by atoms with Crippen LogP contribution in [0, 0.1) is 6.92 Å². The fourth-order valence-corrected chi connectivity index (χ4v) is 4.46. The lowest BCUT2D eigenvalue weighted by Crippen LogP contribution is -2.36. The van der Waals surface area contributed by atoms with E-state index in [1.54, 1.807) is 12.1 Å². The molecular weight excluding hydrogens is 525 g/mol. The number of methoxy groups -OCH3 is 2. The van der Waals surface area contributed by atoms with E-state index in [1.807, 2.05) is 25.1 Å². The quantitative estimate of drug-likeness (QED) is 0.335. The number of benzene rings is 3. The number of urea groups is 1. The number of carbonyl (C=O) groups excluding carboxylic acids is 1. The van der Waals surface area contributed by atoms with E-state index in [-0.39, 0.29) is 31.2 Å². The SMILES string of the molecule is COCCN(Cc1ccc(OC)c(OS(=O)(=O)c2cccc(C(F)(F)F)c2)c1)C(=O)Nc1cccc(C)c1. The molecule has 0 aliphatic rings. The van der Waals surface area contributed by atoms with E-state index >= 15 is 0 Å². The molecule has 0 aliphatic carbocycles. The number of anilines is 1. The minimum absolute atomic E-state index is 0.0388. The minimum atomic E-state index is -4.73. The standard InChI is InChI=1S/C26H27F3N2O6S/c1-18-6-4-8-21(14-18)30-25(32)31(12-13-35-2)17-19-10-11-23(36-3)24(15-19)37-38(33,34)22-9-5-7-20(16-22)26(27,28)29/h4-11,14-16H,12-13,17H2,1-3H3,(H,30,32). The van der Waals surface area contributed by atoms with E-state index in [4.69, 9.17) is 13.7 Å². The summed E-state index contributed by atoms with van der Waals surface area (Å²) in [7, 11) is -1.86. The summed E-state index contributed by atoms with van der Waals surface area (Å²) >= 11 is 0. The first kappa shape index (κ1) is 28.8. The minimum Gasteiger partial charge on any atom is -0.493 e. The Morgan fingerprint density at radius 1 is 0.974 bits per heavy atom. The van der Waals surface area contributed by atoms with Gasteiger partial charge in [0.1, 0.15) is 4.90 Å². The Morgan fingerprint density at radius 3 is 2.37 bits per heavy atom. The molecule has 0 radical (unpaired) electrons. The molecule has 38 heavy (non-hydrogen) atoms. The molecule has 204 valence electrons. The van der Waals surface area contributed by atoms with Gasteiger partial charge < -0.3 is 23.9 Å². The van der Waals surface area contributed by atoms with Crippen LogP contribution in [0.25, 0.3) is 0 Å². The van der Waals surface area contributed by atoms with Gasteiger partial charge in [0.15, 0.2) is 11.5 Å². The van der Waals surface area contributed by atoms with E-state index in [0.717, 1.165) is 23.8 Å². The van der Waals surface area contributed by atoms with E-state index < -0.39 is 32.8 Å². The molecule has 2 amide bonds. The fourth-order valence-electron chi connectivity index (χ4n) is 3.48. The molecule has 3 aromatic rings. The number of hydrogen-bond donors (Lipinski definition) is 1. The van der Waals surface area contributed by atoms with Crippen LogP contribution in [0.1, 0.15) is 16.7 Å². The third-order valence-electron chi connectivity index (χ3n) is 5.37. The summed E-state index contributed by atoms with van der Waals surface area (Å²) in [5.74, 6) is -0.204. The zero-order valence-electron chi connectivity index (χ0n) is 20.9. The lowest BCUT2D eigenvalue weighted by atomic mass is 10.2. The molecule has 0 aromatic heterocycles. The maximum atomic E-state index is 13.1. The molecular formula is C26H27F3N2O6S. The molecule has 0 unspecified atom stereocenters. The number of hydrogen-bond acceptors (Lipinski definition) is 6. The molecule has 0 bridgehead atoms. The third-order valence-corrected chi connectivity index (χ3v) is 6.60. The number of aryl methyl sites for hydroxylation is 1. The summed E-state index contributed by atoms with van der Waals surface area (Å²) in [5.41, 5.74) is 0.917. The van der Waals surface area contributed by atoms with Crippen molar-refractivity contribution in [2.24, 2.45) is 0 Å². The van der Waals surface area contributed by atoms with E-state index in [2.05, 4.69) is 5.32 Å². The predicted octanol–water partition coefficient (Wildman–Crippen LogP) is 5.47. The Balaban J connectivity index is 1.86. The number of rotatable bonds is 10. The Hall–Kier alpha value is -3.77. The van der Waals surface area contributed by atoms with E-state index in [0.29, 0.717) is 17.3 Å². The van der Waals surface area contributed by atoms with Crippen molar-refractivity contribution in [2.75, 3.05) is 32.7 Å². The Bertz CT molecular complexity index is 1380. The normalized spacial score (nSPS) is 11.6. The van der Waals surface area contributed by atoms with Crippen LogP contribution in [-0.4, -0.2) is 46.7 Å². The highest BCUT2D eigenvalue weighted by Crippen LogP contribution is 2.34. The Kier molecular flexibility index (Phi) is 9.23. The van der Waals surface area contributed by atoms with Gasteiger partial charge in [0.2, 0.25) is 0 Å². The van der Waals surface area contributed by atoms with Gasteiger partial charge in [-0.25, -0.2) is 4.79 Å². The molecule has 0 aliphatic heterocycles. The topological polar surface area (TPSA) is 94.2 Å². The molecule has 0 fully saturated rings. The summed E-state index contributed by atoms with van der Waals surface area (Å²) in [6.45, 7) is 2.40. The van der Waals surface area contributed by atoms with Crippen LogP contribution in [0.4, 0.5) is 23.7 Å². The van der Waals surface area contributed by atoms with Crippen LogP contribution in [0.3, 0.4) is 0 Å². The van der Waals surface area contributed by atoms with Gasteiger partial charge in [-0.15, -0.1) is 0 Å². The highest BCUT2D eigenvalue weighted by atomic mass is 32.2. The molecule has 12 heteroatoms. The van der Waals surface area contributed by atoms with Crippen LogP contribution >= 0.6 is 0 Å². The molecule has 3 rings (SSSR count). The van der Waals surface area contributed by atoms with Crippen molar-refractivity contribution in [1.82, 2.24) is 4.90 Å². The number of nitrogens with zero attached hydrogens (tertiary/aromatic N) is 1. The summed E-state index contributed by atoms with van der Waals surface area (Å²) in [6, 6.07) is 14.5. The average Bonchev–Trinajstić information content (AvgIpc) is 2.86. The second-order valence-electron chi connectivity index (χ2n) is 8.26. The molecule has 1 N–H and O–H groups in total. The van der Waals surface area contributed by atoms with Gasteiger partial charge in [0, 0.05) is 25.9 Å². The maximum Gasteiger partial charge on any atom is 0.416 e. The molecule has 0 spiro atoms. The molecule has 8 nitrogen and oxygen atoms in total. The van der Waals surface area contributed by atoms with Gasteiger partial charge in [0.25, 0.3) is 0 Å². The first-order valence-electron chi connectivity index (χ1n) is 11.3. The average molecular weight is 553 g/mol. The molecule has 3 aromatic carbocycles. The summed E-state index contributed by atoms with van der Waals surface area (Å²) in [5, 5.41) is 2.81. The second kappa shape index (κ2) is 12.2. The number of nitrogens with one attached hydrogen (secondary N) is 1. The first-order valence-corrected chi connectivity index (χ1v) is 12.7. The van der Waals surface area contributed by atoms with Gasteiger partial charge in [0.05, 0.1) is 19.3 Å². The van der Waals surface area contributed by atoms with Gasteiger partial charge in [-0.2, -0.15) is 21.6 Å². The van der Waals surface area contributed by atoms with Gasteiger partial charge in [-0.3, -0.25) is 0 Å². The van der Waals surface area contributed by atoms with Crippen LogP contribution in [0.5, 0.6) is 11.5 Å². The number of amides is 2. The number of alkyl halides is 3. The summed E-state index contributed by atoms with van der Waals surface area (Å²) in [6.07, 6.45) is -4.73. The molecule has 0 saturated carbocycles. The first-order chi connectivity index (χ1) is 17.9. The van der Waals surface area contributed by atoms with Crippen molar-refractivity contribution in [2.45, 2.75) is 24.5 Å². The monoisotopic (exact) mass is 552 g/mol. The fraction of sp³-hybridized carbons (Fsp3) is 0.269. The van der Waals surface area contributed by atoms with Crippen molar-refractivity contribution in [1.29, 1.82) is 0 Å². The van der Waals surface area contributed by atoms with Crippen molar-refractivity contribution < 1.29 is 40.0 Å². The number of halogens is 3. The second-order valence-corrected chi connectivity index (χ2v) is 9.81. The van der Waals surface area contributed by atoms with E-state index in [1.165, 1.54) is 31.3 Å². The molecule has 0 heterocycles. The highest BCUT2D eigenvalue weighted by molar-refractivity contribution is 7.87. The zero-order chi connectivity index (χ0) is 27.9. The van der Waals surface area contributed by atoms with Crippen molar-refractivity contribution in [3.63, 3.8) is 0 Å². The lowest BCUT2D eigenvalue weighted by Gasteiger charge is -2.23. The van der Waals surface area contributed by atoms with Crippen LogP contribution in [-0.2, 0) is 27.6 Å². The largest absolute Gasteiger partial charge is 0.493 e.